The lowest BCUT2D eigenvalue weighted by Crippen LogP contribution is -2.31. The molecule has 1 N–H and O–H groups in total. The number of anilines is 1. The zero-order valence-electron chi connectivity index (χ0n) is 15.7. The Bertz CT molecular complexity index is 839. The van der Waals surface area contributed by atoms with Gasteiger partial charge in [-0.1, -0.05) is 42.0 Å². The van der Waals surface area contributed by atoms with E-state index in [1.165, 1.54) is 11.1 Å². The number of hydrogen-bond acceptors (Lipinski definition) is 2. The van der Waals surface area contributed by atoms with Gasteiger partial charge in [-0.25, -0.2) is 0 Å². The van der Waals surface area contributed by atoms with Gasteiger partial charge in [0.25, 0.3) is 0 Å². The number of aryl methyl sites for hydroxylation is 3. The maximum atomic E-state index is 12.7. The predicted octanol–water partition coefficient (Wildman–Crippen LogP) is 4.76. The smallest absolute Gasteiger partial charge is 0.230 e. The highest BCUT2D eigenvalue weighted by molar-refractivity contribution is 6.15. The van der Waals surface area contributed by atoms with Crippen LogP contribution >= 0.6 is 0 Å². The summed E-state index contributed by atoms with van der Waals surface area (Å²) in [7, 11) is 0. The van der Waals surface area contributed by atoms with Crippen molar-refractivity contribution in [3.8, 4) is 0 Å². The summed E-state index contributed by atoms with van der Waals surface area (Å²) in [5.41, 5.74) is 7.41. The molecule has 2 aromatic carbocycles. The highest BCUT2D eigenvalue weighted by Gasteiger charge is 2.27. The first-order chi connectivity index (χ1) is 11.7. The Hall–Kier alpha value is -2.42. The molecule has 3 rings (SSSR count). The fourth-order valence-electron chi connectivity index (χ4n) is 3.73. The van der Waals surface area contributed by atoms with E-state index >= 15 is 0 Å². The van der Waals surface area contributed by atoms with Crippen molar-refractivity contribution in [2.75, 3.05) is 5.32 Å². The molecule has 130 valence electrons. The van der Waals surface area contributed by atoms with Crippen LogP contribution in [0, 0.1) is 20.8 Å². The largest absolute Gasteiger partial charge is 0.325 e. The molecule has 0 fully saturated rings. The maximum absolute atomic E-state index is 12.7. The minimum absolute atomic E-state index is 0.0127. The van der Waals surface area contributed by atoms with Crippen LogP contribution in [0.3, 0.4) is 0 Å². The molecule has 0 bridgehead atoms. The maximum Gasteiger partial charge on any atom is 0.230 e. The Morgan fingerprint density at radius 3 is 2.44 bits per heavy atom. The topological polar surface area (TPSA) is 41.5 Å². The second kappa shape index (κ2) is 6.47. The first-order valence-electron chi connectivity index (χ1n) is 8.80. The monoisotopic (exact) mass is 334 g/mol. The van der Waals surface area contributed by atoms with Crippen LogP contribution in [0.5, 0.6) is 0 Å². The van der Waals surface area contributed by atoms with E-state index < -0.39 is 0 Å². The summed E-state index contributed by atoms with van der Waals surface area (Å²) in [4.78, 5) is 17.6. The van der Waals surface area contributed by atoms with E-state index in [4.69, 9.17) is 4.99 Å². The van der Waals surface area contributed by atoms with Gasteiger partial charge in [0.2, 0.25) is 5.91 Å². The Labute approximate surface area is 150 Å². The summed E-state index contributed by atoms with van der Waals surface area (Å²) >= 11 is 0. The third-order valence-electron chi connectivity index (χ3n) is 4.66. The van der Waals surface area contributed by atoms with Crippen LogP contribution in [-0.2, 0) is 11.2 Å². The number of carbonyl (C=O) groups is 1. The second-order valence-corrected chi connectivity index (χ2v) is 7.70. The van der Waals surface area contributed by atoms with Gasteiger partial charge in [0, 0.05) is 5.69 Å². The quantitative estimate of drug-likeness (QED) is 0.863. The van der Waals surface area contributed by atoms with Crippen molar-refractivity contribution in [2.45, 2.75) is 53.0 Å². The highest BCUT2D eigenvalue weighted by atomic mass is 16.1. The Balaban J connectivity index is 1.85. The average molecular weight is 334 g/mol. The van der Waals surface area contributed by atoms with Crippen molar-refractivity contribution in [1.82, 2.24) is 0 Å². The zero-order chi connectivity index (χ0) is 18.2. The molecule has 0 saturated carbocycles. The van der Waals surface area contributed by atoms with Crippen molar-refractivity contribution in [1.29, 1.82) is 0 Å². The Morgan fingerprint density at radius 1 is 1.12 bits per heavy atom. The average Bonchev–Trinajstić information content (AvgIpc) is 2.49. The molecular weight excluding hydrogens is 308 g/mol. The second-order valence-electron chi connectivity index (χ2n) is 7.70. The van der Waals surface area contributed by atoms with Gasteiger partial charge in [-0.15, -0.1) is 0 Å². The third-order valence-corrected chi connectivity index (χ3v) is 4.66. The van der Waals surface area contributed by atoms with Gasteiger partial charge in [0.15, 0.2) is 0 Å². The first-order valence-corrected chi connectivity index (χ1v) is 8.80. The molecule has 0 spiro atoms. The third kappa shape index (κ3) is 3.81. The fourth-order valence-corrected chi connectivity index (χ4v) is 3.73. The van der Waals surface area contributed by atoms with Crippen LogP contribution in [0.25, 0.3) is 0 Å². The number of fused-ring (bicyclic) bond motifs is 1. The summed E-state index contributed by atoms with van der Waals surface area (Å²) in [6, 6.07) is 12.5. The van der Waals surface area contributed by atoms with Crippen LogP contribution in [0.4, 0.5) is 5.69 Å². The van der Waals surface area contributed by atoms with E-state index in [1.807, 2.05) is 19.9 Å². The van der Waals surface area contributed by atoms with Gasteiger partial charge in [0.1, 0.15) is 0 Å². The number of hydrogen-bond donors (Lipinski definition) is 1. The molecule has 0 unspecified atom stereocenters. The molecule has 3 heteroatoms. The Kier molecular flexibility index (Phi) is 4.51. The molecular formula is C22H26N2O. The molecule has 0 aromatic heterocycles. The predicted molar refractivity (Wildman–Crippen MR) is 105 cm³/mol. The van der Waals surface area contributed by atoms with Crippen LogP contribution in [-0.4, -0.2) is 17.2 Å². The number of amides is 1. The number of nitrogens with zero attached hydrogens (tertiary/aromatic N) is 1. The molecule has 0 saturated heterocycles. The van der Waals surface area contributed by atoms with E-state index in [9.17, 15) is 4.79 Å². The summed E-state index contributed by atoms with van der Waals surface area (Å²) in [5.74, 6) is -0.0127. The summed E-state index contributed by atoms with van der Waals surface area (Å²) in [6.45, 7) is 10.4. The molecule has 3 nitrogen and oxygen atoms in total. The zero-order valence-corrected chi connectivity index (χ0v) is 15.7. The molecule has 1 aliphatic rings. The number of aliphatic imine (C=N–C) groups is 1. The van der Waals surface area contributed by atoms with Gasteiger partial charge in [-0.05, 0) is 63.3 Å². The van der Waals surface area contributed by atoms with E-state index in [-0.39, 0.29) is 11.4 Å². The van der Waals surface area contributed by atoms with Gasteiger partial charge in [-0.3, -0.25) is 9.79 Å². The first kappa shape index (κ1) is 17.4. The SMILES string of the molecule is Cc1cc(C)c(NC(=O)CC2=NC(C)(C)Cc3ccccc32)c(C)c1. The lowest BCUT2D eigenvalue weighted by molar-refractivity contribution is -0.115. The lowest BCUT2D eigenvalue weighted by atomic mass is 9.86. The van der Waals surface area contributed by atoms with E-state index in [2.05, 4.69) is 56.4 Å². The summed E-state index contributed by atoms with van der Waals surface area (Å²) in [5, 5.41) is 3.09. The van der Waals surface area contributed by atoms with Crippen LogP contribution < -0.4 is 5.32 Å². The summed E-state index contributed by atoms with van der Waals surface area (Å²) in [6.07, 6.45) is 1.21. The van der Waals surface area contributed by atoms with Crippen LogP contribution in [0.15, 0.2) is 41.4 Å². The number of carbonyl (C=O) groups excluding carboxylic acids is 1. The van der Waals surface area contributed by atoms with E-state index in [1.54, 1.807) is 0 Å². The number of benzene rings is 2. The standard InChI is InChI=1S/C22H26N2O/c1-14-10-15(2)21(16(3)11-14)23-20(25)12-19-18-9-7-6-8-17(18)13-22(4,5)24-19/h6-11H,12-13H2,1-5H3,(H,23,25). The van der Waals surface area contributed by atoms with Crippen molar-refractivity contribution in [3.05, 3.63) is 64.2 Å². The minimum Gasteiger partial charge on any atom is -0.325 e. The lowest BCUT2D eigenvalue weighted by Gasteiger charge is -2.29. The minimum atomic E-state index is -0.167. The Morgan fingerprint density at radius 2 is 1.76 bits per heavy atom. The molecule has 0 radical (unpaired) electrons. The molecule has 1 aliphatic heterocycles. The molecule has 1 amide bonds. The summed E-state index contributed by atoms with van der Waals surface area (Å²) < 4.78 is 0. The highest BCUT2D eigenvalue weighted by Crippen LogP contribution is 2.28. The molecule has 25 heavy (non-hydrogen) atoms. The normalized spacial score (nSPS) is 15.3. The molecule has 2 aromatic rings. The van der Waals surface area contributed by atoms with E-state index in [0.29, 0.717) is 6.42 Å². The number of nitrogens with one attached hydrogen (secondary N) is 1. The molecule has 0 atom stereocenters. The molecule has 0 aliphatic carbocycles. The van der Waals surface area contributed by atoms with E-state index in [0.717, 1.165) is 34.5 Å². The van der Waals surface area contributed by atoms with Crippen molar-refractivity contribution in [2.24, 2.45) is 4.99 Å². The van der Waals surface area contributed by atoms with Gasteiger partial charge >= 0.3 is 0 Å². The number of rotatable bonds is 3. The van der Waals surface area contributed by atoms with Gasteiger partial charge in [0.05, 0.1) is 17.7 Å². The van der Waals surface area contributed by atoms with Crippen molar-refractivity contribution < 1.29 is 4.79 Å². The van der Waals surface area contributed by atoms with Crippen LogP contribution in [0.1, 0.15) is 48.1 Å². The van der Waals surface area contributed by atoms with Crippen molar-refractivity contribution >= 4 is 17.3 Å². The molecule has 1 heterocycles. The van der Waals surface area contributed by atoms with Gasteiger partial charge < -0.3 is 5.32 Å². The fraction of sp³-hybridized carbons (Fsp3) is 0.364. The van der Waals surface area contributed by atoms with Crippen molar-refractivity contribution in [3.63, 3.8) is 0 Å². The van der Waals surface area contributed by atoms with Crippen LogP contribution in [0.2, 0.25) is 0 Å². The van der Waals surface area contributed by atoms with Gasteiger partial charge in [-0.2, -0.15) is 0 Å².